The molecule has 0 bridgehead atoms. The third-order valence-corrected chi connectivity index (χ3v) is 2.01. The van der Waals surface area contributed by atoms with Crippen molar-refractivity contribution < 1.29 is 0 Å². The van der Waals surface area contributed by atoms with E-state index in [-0.39, 0.29) is 0 Å². The number of allylic oxidation sites excluding steroid dienone is 1. The maximum absolute atomic E-state index is 5.62. The van der Waals surface area contributed by atoms with E-state index in [0.29, 0.717) is 11.0 Å². The van der Waals surface area contributed by atoms with Gasteiger partial charge in [0, 0.05) is 18.9 Å². The fourth-order valence-electron chi connectivity index (χ4n) is 1.22. The van der Waals surface area contributed by atoms with Crippen LogP contribution in [0.15, 0.2) is 29.3 Å². The summed E-state index contributed by atoms with van der Waals surface area (Å²) in [6.07, 6.45) is 6.39. The molecule has 0 radical (unpaired) electrons. The first-order chi connectivity index (χ1) is 8.09. The van der Waals surface area contributed by atoms with Gasteiger partial charge in [-0.05, 0) is 26.3 Å². The first-order valence-corrected chi connectivity index (χ1v) is 6.11. The predicted molar refractivity (Wildman–Crippen MR) is 74.2 cm³/mol. The molecule has 0 aliphatic rings. The molecule has 1 rings (SSSR count). The van der Waals surface area contributed by atoms with Crippen molar-refractivity contribution in [3.8, 4) is 0 Å². The van der Waals surface area contributed by atoms with Crippen LogP contribution in [0, 0.1) is 6.92 Å². The third-order valence-electron chi connectivity index (χ3n) is 1.93. The van der Waals surface area contributed by atoms with Crippen LogP contribution in [0.4, 0.5) is 0 Å². The van der Waals surface area contributed by atoms with Crippen molar-refractivity contribution >= 4 is 16.8 Å². The van der Waals surface area contributed by atoms with Gasteiger partial charge in [-0.15, -0.1) is 0 Å². The van der Waals surface area contributed by atoms with Crippen molar-refractivity contribution in [2.24, 2.45) is 10.7 Å². The van der Waals surface area contributed by atoms with Crippen LogP contribution < -0.4 is 5.73 Å². The number of rotatable bonds is 4. The Morgan fingerprint density at radius 1 is 1.59 bits per heavy atom. The van der Waals surface area contributed by atoms with Crippen molar-refractivity contribution in [1.82, 2.24) is 9.55 Å². The first-order valence-electron chi connectivity index (χ1n) is 5.73. The van der Waals surface area contributed by atoms with Gasteiger partial charge < -0.3 is 10.3 Å². The van der Waals surface area contributed by atoms with E-state index < -0.39 is 0 Å². The molecule has 0 atom stereocenters. The Balaban J connectivity index is 0.00000121. The number of nitrogens with two attached hydrogens (primary N) is 1. The summed E-state index contributed by atoms with van der Waals surface area (Å²) in [5.74, 6) is 1.46. The molecule has 0 spiro atoms. The Morgan fingerprint density at radius 3 is 2.71 bits per heavy atom. The van der Waals surface area contributed by atoms with Gasteiger partial charge in [-0.2, -0.15) is 0 Å². The largest absolute Gasteiger partial charge is 0.384 e. The minimum Gasteiger partial charge on any atom is -0.384 e. The fourth-order valence-corrected chi connectivity index (χ4v) is 1.31. The average molecular weight is 257 g/mol. The quantitative estimate of drug-likeness (QED) is 0.842. The Hall–Kier alpha value is -1.29. The monoisotopic (exact) mass is 256 g/mol. The first kappa shape index (κ1) is 15.7. The van der Waals surface area contributed by atoms with E-state index in [9.17, 15) is 0 Å². The van der Waals surface area contributed by atoms with Crippen molar-refractivity contribution in [3.63, 3.8) is 0 Å². The highest BCUT2D eigenvalue weighted by Crippen LogP contribution is 2.00. The molecule has 0 amide bonds. The normalized spacial score (nSPS) is 12.1. The zero-order valence-electron chi connectivity index (χ0n) is 10.9. The van der Waals surface area contributed by atoms with Crippen LogP contribution in [-0.2, 0) is 6.54 Å². The molecule has 4 nitrogen and oxygen atoms in total. The summed E-state index contributed by atoms with van der Waals surface area (Å²) >= 11 is 5.59. The molecule has 0 saturated heterocycles. The molecule has 2 N–H and O–H groups in total. The van der Waals surface area contributed by atoms with Crippen molar-refractivity contribution in [2.75, 3.05) is 0 Å². The van der Waals surface area contributed by atoms with E-state index >= 15 is 0 Å². The third kappa shape index (κ3) is 6.79. The molecular weight excluding hydrogens is 236 g/mol. The summed E-state index contributed by atoms with van der Waals surface area (Å²) in [5.41, 5.74) is 5.62. The molecule has 0 aliphatic carbocycles. The molecule has 1 aromatic rings. The minimum absolute atomic E-state index is 0.447. The summed E-state index contributed by atoms with van der Waals surface area (Å²) in [5, 5.41) is 0.447. The maximum Gasteiger partial charge on any atom is 0.120 e. The van der Waals surface area contributed by atoms with Gasteiger partial charge in [0.2, 0.25) is 0 Å². The smallest absolute Gasteiger partial charge is 0.120 e. The summed E-state index contributed by atoms with van der Waals surface area (Å²) in [7, 11) is 0. The summed E-state index contributed by atoms with van der Waals surface area (Å²) in [6, 6.07) is 0. The topological polar surface area (TPSA) is 56.2 Å². The SMILES string of the molecule is C/C(Cl)=N\C(N)=C/CCn1ccnc1C.CC. The molecule has 0 fully saturated rings. The van der Waals surface area contributed by atoms with E-state index in [0.717, 1.165) is 18.8 Å². The highest BCUT2D eigenvalue weighted by molar-refractivity contribution is 6.64. The zero-order chi connectivity index (χ0) is 13.3. The van der Waals surface area contributed by atoms with Gasteiger partial charge in [0.05, 0.1) is 0 Å². The summed E-state index contributed by atoms with van der Waals surface area (Å²) in [6.45, 7) is 8.51. The number of hydrogen-bond acceptors (Lipinski definition) is 3. The Bertz CT molecular complexity index is 376. The van der Waals surface area contributed by atoms with Crippen LogP contribution in [0.25, 0.3) is 0 Å². The molecule has 0 saturated carbocycles. The van der Waals surface area contributed by atoms with Gasteiger partial charge in [-0.1, -0.05) is 25.4 Å². The highest BCUT2D eigenvalue weighted by Gasteiger charge is 1.94. The molecule has 17 heavy (non-hydrogen) atoms. The minimum atomic E-state index is 0.447. The molecule has 1 aromatic heterocycles. The lowest BCUT2D eigenvalue weighted by atomic mass is 10.4. The molecule has 96 valence electrons. The molecule has 0 aromatic carbocycles. The van der Waals surface area contributed by atoms with Crippen LogP contribution in [0.3, 0.4) is 0 Å². The van der Waals surface area contributed by atoms with Gasteiger partial charge in [-0.3, -0.25) is 0 Å². The number of imidazole rings is 1. The molecule has 0 unspecified atom stereocenters. The highest BCUT2D eigenvalue weighted by atomic mass is 35.5. The molecule has 0 aliphatic heterocycles. The second-order valence-electron chi connectivity index (χ2n) is 3.19. The number of hydrogen-bond donors (Lipinski definition) is 1. The van der Waals surface area contributed by atoms with Crippen LogP contribution in [0.5, 0.6) is 0 Å². The fraction of sp³-hybridized carbons (Fsp3) is 0.500. The van der Waals surface area contributed by atoms with E-state index in [2.05, 4.69) is 14.5 Å². The summed E-state index contributed by atoms with van der Waals surface area (Å²) in [4.78, 5) is 8.04. The van der Waals surface area contributed by atoms with Crippen molar-refractivity contribution in [2.45, 2.75) is 40.7 Å². The number of aryl methyl sites for hydroxylation is 2. The number of aromatic nitrogens is 2. The van der Waals surface area contributed by atoms with Crippen LogP contribution in [0.1, 0.15) is 33.0 Å². The molecular formula is C12H21ClN4. The van der Waals surface area contributed by atoms with E-state index in [1.54, 1.807) is 13.1 Å². The van der Waals surface area contributed by atoms with Gasteiger partial charge in [0.15, 0.2) is 0 Å². The lowest BCUT2D eigenvalue weighted by Crippen LogP contribution is -2.00. The number of aliphatic imine (C=N–C) groups is 1. The second-order valence-corrected chi connectivity index (χ2v) is 3.74. The Labute approximate surface area is 108 Å². The standard InChI is InChI=1S/C10H15ClN4.C2H6/c1-8(11)14-10(12)4-3-6-15-7-5-13-9(15)2;1-2/h4-5,7H,3,6,12H2,1-2H3;1-2H3/b10-4-,14-8+;. The lowest BCUT2D eigenvalue weighted by molar-refractivity contribution is 0.682. The Kier molecular flexibility index (Phi) is 8.15. The number of halogens is 1. The molecule has 1 heterocycles. The average Bonchev–Trinajstić information content (AvgIpc) is 2.66. The predicted octanol–water partition coefficient (Wildman–Crippen LogP) is 3.07. The van der Waals surface area contributed by atoms with Gasteiger partial charge in [0.25, 0.3) is 0 Å². The summed E-state index contributed by atoms with van der Waals surface area (Å²) < 4.78 is 2.06. The van der Waals surface area contributed by atoms with Crippen molar-refractivity contribution in [3.05, 3.63) is 30.1 Å². The zero-order valence-corrected chi connectivity index (χ0v) is 11.7. The molecule has 5 heteroatoms. The van der Waals surface area contributed by atoms with Crippen LogP contribution >= 0.6 is 11.6 Å². The Morgan fingerprint density at radius 2 is 2.24 bits per heavy atom. The van der Waals surface area contributed by atoms with Gasteiger partial charge >= 0.3 is 0 Å². The van der Waals surface area contributed by atoms with E-state index in [4.69, 9.17) is 17.3 Å². The van der Waals surface area contributed by atoms with Crippen molar-refractivity contribution in [1.29, 1.82) is 0 Å². The van der Waals surface area contributed by atoms with Crippen LogP contribution in [0.2, 0.25) is 0 Å². The van der Waals surface area contributed by atoms with E-state index in [1.165, 1.54) is 0 Å². The second kappa shape index (κ2) is 8.82. The maximum atomic E-state index is 5.62. The van der Waals surface area contributed by atoms with Crippen LogP contribution in [-0.4, -0.2) is 14.7 Å². The number of nitrogens with zero attached hydrogens (tertiary/aromatic N) is 3. The van der Waals surface area contributed by atoms with E-state index in [1.807, 2.05) is 33.0 Å². The van der Waals surface area contributed by atoms with Gasteiger partial charge in [-0.25, -0.2) is 9.98 Å². The lowest BCUT2D eigenvalue weighted by Gasteiger charge is -2.01. The van der Waals surface area contributed by atoms with Gasteiger partial charge in [0.1, 0.15) is 16.8 Å².